The van der Waals surface area contributed by atoms with Crippen LogP contribution in [0.15, 0.2) is 79.0 Å². The van der Waals surface area contributed by atoms with Gasteiger partial charge in [-0.05, 0) is 54.6 Å². The molecule has 6 heteroatoms. The Hall–Kier alpha value is -2.44. The van der Waals surface area contributed by atoms with Gasteiger partial charge < -0.3 is 9.52 Å². The zero-order valence-corrected chi connectivity index (χ0v) is 16.5. The number of fused-ring (bicyclic) bond motifs is 1. The highest BCUT2D eigenvalue weighted by Gasteiger charge is 2.09. The van der Waals surface area contributed by atoms with Crippen LogP contribution in [-0.4, -0.2) is 16.3 Å². The second-order valence-corrected chi connectivity index (χ2v) is 7.47. The lowest BCUT2D eigenvalue weighted by Crippen LogP contribution is -1.82. The Morgan fingerprint density at radius 2 is 1.81 bits per heavy atom. The standard InChI is InChI=1S/C20H12Br2N2O2/c21-14-3-1-2-12(8-14)20-24-17-10-16(5-7-19(17)26-20)23-11-13-9-15(22)4-6-18(13)25/h1-11,25H. The van der Waals surface area contributed by atoms with E-state index in [0.29, 0.717) is 17.0 Å². The highest BCUT2D eigenvalue weighted by molar-refractivity contribution is 9.10. The molecule has 128 valence electrons. The minimum Gasteiger partial charge on any atom is -0.507 e. The molecule has 0 aliphatic carbocycles. The summed E-state index contributed by atoms with van der Waals surface area (Å²) in [5.41, 5.74) is 3.69. The predicted molar refractivity (Wildman–Crippen MR) is 110 cm³/mol. The summed E-state index contributed by atoms with van der Waals surface area (Å²) in [4.78, 5) is 8.98. The van der Waals surface area contributed by atoms with Crippen LogP contribution in [-0.2, 0) is 0 Å². The Balaban J connectivity index is 1.67. The molecule has 0 amide bonds. The van der Waals surface area contributed by atoms with Crippen LogP contribution in [0.25, 0.3) is 22.6 Å². The quantitative estimate of drug-likeness (QED) is 0.348. The number of rotatable bonds is 3. The van der Waals surface area contributed by atoms with Crippen LogP contribution in [0.3, 0.4) is 0 Å². The third-order valence-electron chi connectivity index (χ3n) is 3.79. The molecule has 0 bridgehead atoms. The maximum absolute atomic E-state index is 9.89. The second kappa shape index (κ2) is 7.05. The summed E-state index contributed by atoms with van der Waals surface area (Å²) >= 11 is 6.84. The van der Waals surface area contributed by atoms with E-state index in [9.17, 15) is 5.11 Å². The molecule has 0 atom stereocenters. The fourth-order valence-corrected chi connectivity index (χ4v) is 3.29. The van der Waals surface area contributed by atoms with Crippen molar-refractivity contribution in [2.75, 3.05) is 0 Å². The largest absolute Gasteiger partial charge is 0.507 e. The van der Waals surface area contributed by atoms with Gasteiger partial charge in [0, 0.05) is 26.3 Å². The smallest absolute Gasteiger partial charge is 0.227 e. The van der Waals surface area contributed by atoms with Crippen LogP contribution in [0.1, 0.15) is 5.56 Å². The molecule has 3 aromatic carbocycles. The second-order valence-electron chi connectivity index (χ2n) is 5.64. The van der Waals surface area contributed by atoms with Gasteiger partial charge in [0.25, 0.3) is 0 Å². The van der Waals surface area contributed by atoms with Crippen LogP contribution in [0.5, 0.6) is 5.75 Å². The van der Waals surface area contributed by atoms with Gasteiger partial charge in [0.2, 0.25) is 5.89 Å². The van der Waals surface area contributed by atoms with E-state index >= 15 is 0 Å². The van der Waals surface area contributed by atoms with E-state index < -0.39 is 0 Å². The van der Waals surface area contributed by atoms with Gasteiger partial charge >= 0.3 is 0 Å². The first-order chi connectivity index (χ1) is 12.6. The molecule has 0 aliphatic heterocycles. The summed E-state index contributed by atoms with van der Waals surface area (Å²) in [7, 11) is 0. The molecule has 1 N–H and O–H groups in total. The summed E-state index contributed by atoms with van der Waals surface area (Å²) < 4.78 is 7.68. The summed E-state index contributed by atoms with van der Waals surface area (Å²) in [6, 6.07) is 18.6. The highest BCUT2D eigenvalue weighted by Crippen LogP contribution is 2.29. The predicted octanol–water partition coefficient (Wildman–Crippen LogP) is 6.48. The molecule has 26 heavy (non-hydrogen) atoms. The zero-order chi connectivity index (χ0) is 18.1. The number of oxazole rings is 1. The molecule has 0 unspecified atom stereocenters. The van der Waals surface area contributed by atoms with Crippen LogP contribution < -0.4 is 0 Å². The van der Waals surface area contributed by atoms with Gasteiger partial charge in [0.1, 0.15) is 11.3 Å². The van der Waals surface area contributed by atoms with Crippen LogP contribution >= 0.6 is 31.9 Å². The number of aromatic nitrogens is 1. The van der Waals surface area contributed by atoms with Crippen LogP contribution in [0.4, 0.5) is 5.69 Å². The monoisotopic (exact) mass is 470 g/mol. The van der Waals surface area contributed by atoms with Crippen molar-refractivity contribution in [2.24, 2.45) is 4.99 Å². The molecular formula is C20H12Br2N2O2. The molecule has 0 saturated carbocycles. The summed E-state index contributed by atoms with van der Waals surface area (Å²) in [5.74, 6) is 0.739. The van der Waals surface area contributed by atoms with Gasteiger partial charge in [-0.3, -0.25) is 4.99 Å². The van der Waals surface area contributed by atoms with Crippen molar-refractivity contribution in [2.45, 2.75) is 0 Å². The maximum atomic E-state index is 9.89. The zero-order valence-electron chi connectivity index (χ0n) is 13.4. The fraction of sp³-hybridized carbons (Fsp3) is 0. The van der Waals surface area contributed by atoms with Gasteiger partial charge in [-0.15, -0.1) is 0 Å². The van der Waals surface area contributed by atoms with E-state index in [2.05, 4.69) is 41.8 Å². The Bertz CT molecular complexity index is 1140. The number of hydrogen-bond acceptors (Lipinski definition) is 4. The molecule has 0 spiro atoms. The normalized spacial score (nSPS) is 11.5. The number of phenolic OH excluding ortho intramolecular Hbond substituents is 1. The van der Waals surface area contributed by atoms with Gasteiger partial charge in [0.05, 0.1) is 5.69 Å². The Kier molecular flexibility index (Phi) is 4.61. The minimum atomic E-state index is 0.177. The third-order valence-corrected chi connectivity index (χ3v) is 4.77. The van der Waals surface area contributed by atoms with Crippen molar-refractivity contribution >= 4 is 54.9 Å². The minimum absolute atomic E-state index is 0.177. The molecule has 4 aromatic rings. The fourth-order valence-electron chi connectivity index (χ4n) is 2.51. The van der Waals surface area contributed by atoms with Crippen LogP contribution in [0.2, 0.25) is 0 Å². The Morgan fingerprint density at radius 3 is 2.65 bits per heavy atom. The molecule has 1 aromatic heterocycles. The van der Waals surface area contributed by atoms with Crippen molar-refractivity contribution in [3.63, 3.8) is 0 Å². The van der Waals surface area contributed by atoms with E-state index in [-0.39, 0.29) is 5.75 Å². The van der Waals surface area contributed by atoms with E-state index in [1.807, 2.05) is 42.5 Å². The van der Waals surface area contributed by atoms with Crippen molar-refractivity contribution in [1.82, 2.24) is 4.98 Å². The molecule has 0 radical (unpaired) electrons. The van der Waals surface area contributed by atoms with Gasteiger partial charge in [-0.1, -0.05) is 37.9 Å². The number of phenols is 1. The maximum Gasteiger partial charge on any atom is 0.227 e. The lowest BCUT2D eigenvalue weighted by Gasteiger charge is -1.99. The van der Waals surface area contributed by atoms with E-state index in [1.54, 1.807) is 24.4 Å². The molecule has 0 fully saturated rings. The Labute approximate surface area is 166 Å². The molecule has 0 aliphatic rings. The summed E-state index contributed by atoms with van der Waals surface area (Å²) in [6.07, 6.45) is 1.62. The van der Waals surface area contributed by atoms with Gasteiger partial charge in [0.15, 0.2) is 5.58 Å². The van der Waals surface area contributed by atoms with Crippen molar-refractivity contribution in [3.05, 3.63) is 75.2 Å². The third kappa shape index (κ3) is 3.57. The summed E-state index contributed by atoms with van der Waals surface area (Å²) in [5, 5.41) is 9.89. The number of aromatic hydroxyl groups is 1. The van der Waals surface area contributed by atoms with Crippen LogP contribution in [0, 0.1) is 0 Å². The van der Waals surface area contributed by atoms with Crippen molar-refractivity contribution < 1.29 is 9.52 Å². The van der Waals surface area contributed by atoms with E-state index in [4.69, 9.17) is 4.42 Å². The van der Waals surface area contributed by atoms with Gasteiger partial charge in [-0.2, -0.15) is 0 Å². The van der Waals surface area contributed by atoms with E-state index in [0.717, 1.165) is 25.7 Å². The number of benzene rings is 3. The molecule has 4 rings (SSSR count). The number of hydrogen-bond donors (Lipinski definition) is 1. The molecule has 4 nitrogen and oxygen atoms in total. The number of nitrogens with zero attached hydrogens (tertiary/aromatic N) is 2. The molecule has 0 saturated heterocycles. The Morgan fingerprint density at radius 1 is 0.962 bits per heavy atom. The molecule has 1 heterocycles. The van der Waals surface area contributed by atoms with E-state index in [1.165, 1.54) is 0 Å². The average molecular weight is 472 g/mol. The van der Waals surface area contributed by atoms with Crippen molar-refractivity contribution in [3.8, 4) is 17.2 Å². The summed E-state index contributed by atoms with van der Waals surface area (Å²) in [6.45, 7) is 0. The highest BCUT2D eigenvalue weighted by atomic mass is 79.9. The SMILES string of the molecule is Oc1ccc(Br)cc1C=Nc1ccc2oc(-c3cccc(Br)c3)nc2c1. The average Bonchev–Trinajstić information content (AvgIpc) is 3.06. The molecular weight excluding hydrogens is 460 g/mol. The number of halogens is 2. The van der Waals surface area contributed by atoms with Crippen molar-refractivity contribution in [1.29, 1.82) is 0 Å². The first-order valence-corrected chi connectivity index (χ1v) is 9.36. The lowest BCUT2D eigenvalue weighted by molar-refractivity contribution is 0.474. The van der Waals surface area contributed by atoms with Gasteiger partial charge in [-0.25, -0.2) is 4.98 Å². The first kappa shape index (κ1) is 17.0. The first-order valence-electron chi connectivity index (χ1n) is 7.77. The number of aliphatic imine (C=N–C) groups is 1. The lowest BCUT2D eigenvalue weighted by atomic mass is 10.2. The topological polar surface area (TPSA) is 58.6 Å².